The van der Waals surface area contributed by atoms with E-state index >= 15 is 0 Å². The molecule has 0 aromatic heterocycles. The Morgan fingerprint density at radius 1 is 1.42 bits per heavy atom. The second-order valence-corrected chi connectivity index (χ2v) is 5.22. The van der Waals surface area contributed by atoms with Gasteiger partial charge in [0.15, 0.2) is 0 Å². The zero-order chi connectivity index (χ0) is 8.86. The normalized spacial score (nSPS) is 19.5. The van der Waals surface area contributed by atoms with Gasteiger partial charge in [0, 0.05) is 6.54 Å². The third-order valence-corrected chi connectivity index (χ3v) is 3.69. The Kier molecular flexibility index (Phi) is 4.44. The summed E-state index contributed by atoms with van der Waals surface area (Å²) in [7, 11) is 2.07. The van der Waals surface area contributed by atoms with Crippen LogP contribution in [0.1, 0.15) is 32.6 Å². The van der Waals surface area contributed by atoms with Crippen LogP contribution < -0.4 is 5.32 Å². The highest BCUT2D eigenvalue weighted by Crippen LogP contribution is 2.49. The Hall–Kier alpha value is 0.310. The minimum atomic E-state index is 0.725. The Morgan fingerprint density at radius 2 is 2.17 bits per heavy atom. The lowest BCUT2D eigenvalue weighted by Crippen LogP contribution is -2.19. The van der Waals surface area contributed by atoms with Crippen LogP contribution >= 0.6 is 11.8 Å². The van der Waals surface area contributed by atoms with Gasteiger partial charge in [-0.1, -0.05) is 6.92 Å². The van der Waals surface area contributed by atoms with Gasteiger partial charge in [-0.25, -0.2) is 0 Å². The smallest absolute Gasteiger partial charge is 0.000481 e. The third-order valence-electron chi connectivity index (χ3n) is 2.71. The molecule has 0 aromatic rings. The van der Waals surface area contributed by atoms with Gasteiger partial charge in [-0.2, -0.15) is 11.8 Å². The molecule has 0 heterocycles. The lowest BCUT2D eigenvalue weighted by atomic mass is 10.0. The average Bonchev–Trinajstić information content (AvgIpc) is 2.81. The fourth-order valence-electron chi connectivity index (χ4n) is 1.76. The summed E-state index contributed by atoms with van der Waals surface area (Å²) in [5, 5.41) is 3.30. The van der Waals surface area contributed by atoms with Gasteiger partial charge in [0.05, 0.1) is 0 Å². The molecule has 1 aliphatic carbocycles. The standard InChI is InChI=1S/C10H21NS/c1-3-12-8-4-5-10(6-7-10)9-11-2/h11H,3-9H2,1-2H3. The number of hydrogen-bond donors (Lipinski definition) is 1. The van der Waals surface area contributed by atoms with Gasteiger partial charge in [-0.15, -0.1) is 0 Å². The van der Waals surface area contributed by atoms with Gasteiger partial charge < -0.3 is 5.32 Å². The number of hydrogen-bond acceptors (Lipinski definition) is 2. The topological polar surface area (TPSA) is 12.0 Å². The Labute approximate surface area is 80.7 Å². The van der Waals surface area contributed by atoms with Crippen molar-refractivity contribution >= 4 is 11.8 Å². The van der Waals surface area contributed by atoms with Gasteiger partial charge in [0.1, 0.15) is 0 Å². The van der Waals surface area contributed by atoms with E-state index in [1.165, 1.54) is 43.7 Å². The molecule has 0 saturated heterocycles. The Bertz CT molecular complexity index is 121. The summed E-state index contributed by atoms with van der Waals surface area (Å²) in [5.74, 6) is 2.64. The second kappa shape index (κ2) is 5.13. The lowest BCUT2D eigenvalue weighted by molar-refractivity contribution is 0.440. The summed E-state index contributed by atoms with van der Waals surface area (Å²) >= 11 is 2.07. The van der Waals surface area contributed by atoms with Crippen LogP contribution in [-0.2, 0) is 0 Å². The van der Waals surface area contributed by atoms with E-state index in [1.54, 1.807) is 0 Å². The van der Waals surface area contributed by atoms with E-state index in [1.807, 2.05) is 0 Å². The fraction of sp³-hybridized carbons (Fsp3) is 1.00. The van der Waals surface area contributed by atoms with Gasteiger partial charge in [0.25, 0.3) is 0 Å². The van der Waals surface area contributed by atoms with Crippen molar-refractivity contribution < 1.29 is 0 Å². The largest absolute Gasteiger partial charge is 0.319 e. The van der Waals surface area contributed by atoms with Crippen molar-refractivity contribution in [3.63, 3.8) is 0 Å². The predicted molar refractivity (Wildman–Crippen MR) is 57.8 cm³/mol. The van der Waals surface area contributed by atoms with Crippen molar-refractivity contribution in [1.29, 1.82) is 0 Å². The maximum absolute atomic E-state index is 3.30. The van der Waals surface area contributed by atoms with Crippen molar-refractivity contribution in [3.8, 4) is 0 Å². The van der Waals surface area contributed by atoms with E-state index in [4.69, 9.17) is 0 Å². The maximum atomic E-state index is 3.30. The number of nitrogens with one attached hydrogen (secondary N) is 1. The van der Waals surface area contributed by atoms with Crippen molar-refractivity contribution in [2.45, 2.75) is 32.6 Å². The van der Waals surface area contributed by atoms with E-state index in [0.717, 1.165) is 5.41 Å². The molecule has 1 rings (SSSR count). The molecule has 1 N–H and O–H groups in total. The molecule has 0 radical (unpaired) electrons. The molecule has 0 atom stereocenters. The van der Waals surface area contributed by atoms with Crippen LogP contribution in [0.15, 0.2) is 0 Å². The zero-order valence-corrected chi connectivity index (χ0v) is 9.17. The van der Waals surface area contributed by atoms with Crippen LogP contribution in [0.3, 0.4) is 0 Å². The molecule has 2 heteroatoms. The first kappa shape index (κ1) is 10.4. The van der Waals surface area contributed by atoms with Gasteiger partial charge in [-0.05, 0) is 49.7 Å². The Balaban J connectivity index is 1.98. The molecule has 1 nitrogen and oxygen atoms in total. The van der Waals surface area contributed by atoms with Crippen LogP contribution in [0.25, 0.3) is 0 Å². The Morgan fingerprint density at radius 3 is 2.67 bits per heavy atom. The first-order chi connectivity index (χ1) is 5.83. The SMILES string of the molecule is CCSCCCC1(CNC)CC1. The molecule has 0 unspecified atom stereocenters. The number of rotatable bonds is 7. The van der Waals surface area contributed by atoms with Crippen LogP contribution in [0.5, 0.6) is 0 Å². The highest BCUT2D eigenvalue weighted by atomic mass is 32.2. The molecule has 0 aromatic carbocycles. The molecule has 0 bridgehead atoms. The van der Waals surface area contributed by atoms with Crippen molar-refractivity contribution in [3.05, 3.63) is 0 Å². The summed E-state index contributed by atoms with van der Waals surface area (Å²) in [6.07, 6.45) is 5.79. The second-order valence-electron chi connectivity index (χ2n) is 3.83. The molecule has 0 spiro atoms. The molecule has 0 amide bonds. The van der Waals surface area contributed by atoms with Crippen LogP contribution in [0.2, 0.25) is 0 Å². The molecule has 72 valence electrons. The van der Waals surface area contributed by atoms with Crippen molar-refractivity contribution in [2.24, 2.45) is 5.41 Å². The highest BCUT2D eigenvalue weighted by molar-refractivity contribution is 7.99. The van der Waals surface area contributed by atoms with Crippen LogP contribution in [0.4, 0.5) is 0 Å². The molecular formula is C10H21NS. The molecule has 12 heavy (non-hydrogen) atoms. The average molecular weight is 187 g/mol. The van der Waals surface area contributed by atoms with E-state index in [2.05, 4.69) is 31.1 Å². The lowest BCUT2D eigenvalue weighted by Gasteiger charge is -2.13. The van der Waals surface area contributed by atoms with E-state index in [9.17, 15) is 0 Å². The quantitative estimate of drug-likeness (QED) is 0.615. The summed E-state index contributed by atoms with van der Waals surface area (Å²) in [5.41, 5.74) is 0.725. The van der Waals surface area contributed by atoms with Crippen molar-refractivity contribution in [1.82, 2.24) is 5.32 Å². The molecule has 0 aliphatic heterocycles. The fourth-order valence-corrected chi connectivity index (χ4v) is 2.40. The summed E-state index contributed by atoms with van der Waals surface area (Å²) in [6.45, 7) is 3.48. The monoisotopic (exact) mass is 187 g/mol. The molecular weight excluding hydrogens is 166 g/mol. The first-order valence-electron chi connectivity index (χ1n) is 5.05. The van der Waals surface area contributed by atoms with Crippen LogP contribution in [-0.4, -0.2) is 25.1 Å². The molecule has 1 saturated carbocycles. The summed E-state index contributed by atoms with van der Waals surface area (Å²) in [6, 6.07) is 0. The van der Waals surface area contributed by atoms with Gasteiger partial charge >= 0.3 is 0 Å². The van der Waals surface area contributed by atoms with Crippen LogP contribution in [0, 0.1) is 5.41 Å². The molecule has 1 aliphatic rings. The van der Waals surface area contributed by atoms with E-state index in [-0.39, 0.29) is 0 Å². The van der Waals surface area contributed by atoms with E-state index < -0.39 is 0 Å². The van der Waals surface area contributed by atoms with Gasteiger partial charge in [0.2, 0.25) is 0 Å². The van der Waals surface area contributed by atoms with Crippen molar-refractivity contribution in [2.75, 3.05) is 25.1 Å². The first-order valence-corrected chi connectivity index (χ1v) is 6.21. The zero-order valence-electron chi connectivity index (χ0n) is 8.36. The van der Waals surface area contributed by atoms with Gasteiger partial charge in [-0.3, -0.25) is 0 Å². The summed E-state index contributed by atoms with van der Waals surface area (Å²) in [4.78, 5) is 0. The maximum Gasteiger partial charge on any atom is 0.000481 e. The minimum absolute atomic E-state index is 0.725. The predicted octanol–water partition coefficient (Wildman–Crippen LogP) is 2.52. The molecule has 1 fully saturated rings. The highest BCUT2D eigenvalue weighted by Gasteiger charge is 2.40. The summed E-state index contributed by atoms with van der Waals surface area (Å²) < 4.78 is 0. The number of thioether (sulfide) groups is 1. The third kappa shape index (κ3) is 3.36. The minimum Gasteiger partial charge on any atom is -0.319 e. The van der Waals surface area contributed by atoms with E-state index in [0.29, 0.717) is 0 Å².